The minimum atomic E-state index is -0.933. The molecular weight excluding hydrogens is 280 g/mol. The molecule has 1 aromatic carbocycles. The zero-order valence-electron chi connectivity index (χ0n) is 12.5. The second kappa shape index (κ2) is 5.16. The van der Waals surface area contributed by atoms with Crippen LogP contribution in [0.4, 0.5) is 0 Å². The summed E-state index contributed by atoms with van der Waals surface area (Å²) >= 11 is 0. The summed E-state index contributed by atoms with van der Waals surface area (Å²) in [4.78, 5) is 24.3. The number of fused-ring (bicyclic) bond motifs is 2. The number of ether oxygens (including phenoxy) is 1. The quantitative estimate of drug-likeness (QED) is 0.795. The highest BCUT2D eigenvalue weighted by Crippen LogP contribution is 2.57. The molecule has 2 aliphatic carbocycles. The fourth-order valence-corrected chi connectivity index (χ4v) is 4.22. The Bertz CT molecular complexity index is 655. The first-order valence-electron chi connectivity index (χ1n) is 7.39. The Morgan fingerprint density at radius 3 is 2.73 bits per heavy atom. The van der Waals surface area contributed by atoms with Gasteiger partial charge in [-0.3, -0.25) is 9.59 Å². The molecule has 0 aromatic heterocycles. The number of rotatable bonds is 5. The molecule has 0 radical (unpaired) electrons. The minimum Gasteiger partial charge on any atom is -0.497 e. The van der Waals surface area contributed by atoms with Gasteiger partial charge in [0.25, 0.3) is 0 Å². The van der Waals surface area contributed by atoms with Crippen molar-refractivity contribution in [3.63, 3.8) is 0 Å². The summed E-state index contributed by atoms with van der Waals surface area (Å²) in [6, 6.07) is 7.50. The number of amides is 2. The van der Waals surface area contributed by atoms with Crippen LogP contribution in [0.1, 0.15) is 12.0 Å². The molecule has 0 saturated heterocycles. The number of hydrogen-bond acceptors (Lipinski definition) is 3. The van der Waals surface area contributed by atoms with Gasteiger partial charge in [0.05, 0.1) is 18.4 Å². The zero-order valence-corrected chi connectivity index (χ0v) is 12.5. The van der Waals surface area contributed by atoms with Crippen LogP contribution in [-0.2, 0) is 16.0 Å². The van der Waals surface area contributed by atoms with Crippen LogP contribution in [0.2, 0.25) is 0 Å². The van der Waals surface area contributed by atoms with Gasteiger partial charge in [-0.1, -0.05) is 24.3 Å². The highest BCUT2D eigenvalue weighted by Gasteiger charge is 2.61. The fraction of sp³-hybridized carbons (Fsp3) is 0.412. The number of benzene rings is 1. The van der Waals surface area contributed by atoms with E-state index in [4.69, 9.17) is 16.2 Å². The molecule has 0 heterocycles. The monoisotopic (exact) mass is 300 g/mol. The van der Waals surface area contributed by atoms with Gasteiger partial charge in [-0.05, 0) is 42.4 Å². The Labute approximate surface area is 129 Å². The minimum absolute atomic E-state index is 0.0145. The first-order valence-corrected chi connectivity index (χ1v) is 7.39. The van der Waals surface area contributed by atoms with Gasteiger partial charge < -0.3 is 16.2 Å². The van der Waals surface area contributed by atoms with Crippen molar-refractivity contribution in [3.05, 3.63) is 42.0 Å². The van der Waals surface area contributed by atoms with E-state index in [2.05, 4.69) is 0 Å². The van der Waals surface area contributed by atoms with Crippen LogP contribution >= 0.6 is 0 Å². The summed E-state index contributed by atoms with van der Waals surface area (Å²) in [6.07, 6.45) is 5.17. The van der Waals surface area contributed by atoms with E-state index in [9.17, 15) is 9.59 Å². The van der Waals surface area contributed by atoms with Crippen molar-refractivity contribution in [1.29, 1.82) is 0 Å². The Hall–Kier alpha value is -2.30. The molecule has 5 nitrogen and oxygen atoms in total. The number of nitrogens with two attached hydrogens (primary N) is 2. The second-order valence-corrected chi connectivity index (χ2v) is 6.20. The first kappa shape index (κ1) is 14.6. The molecule has 116 valence electrons. The van der Waals surface area contributed by atoms with Gasteiger partial charge in [-0.2, -0.15) is 0 Å². The summed E-state index contributed by atoms with van der Waals surface area (Å²) in [5.41, 5.74) is 11.3. The Kier molecular flexibility index (Phi) is 3.43. The van der Waals surface area contributed by atoms with Crippen LogP contribution < -0.4 is 16.2 Å². The number of hydrogen-bond donors (Lipinski definition) is 2. The summed E-state index contributed by atoms with van der Waals surface area (Å²) in [6.45, 7) is 0. The van der Waals surface area contributed by atoms with E-state index in [1.54, 1.807) is 7.11 Å². The van der Waals surface area contributed by atoms with Crippen molar-refractivity contribution in [3.8, 4) is 5.75 Å². The molecule has 4 atom stereocenters. The van der Waals surface area contributed by atoms with Gasteiger partial charge in [0.2, 0.25) is 11.8 Å². The topological polar surface area (TPSA) is 95.4 Å². The number of carbonyl (C=O) groups excluding carboxylic acids is 2. The Morgan fingerprint density at radius 1 is 1.32 bits per heavy atom. The van der Waals surface area contributed by atoms with Gasteiger partial charge in [0, 0.05) is 0 Å². The van der Waals surface area contributed by atoms with Crippen molar-refractivity contribution in [2.45, 2.75) is 12.8 Å². The zero-order chi connectivity index (χ0) is 15.9. The van der Waals surface area contributed by atoms with Crippen molar-refractivity contribution >= 4 is 11.8 Å². The number of methoxy groups -OCH3 is 1. The molecular formula is C17H20N2O3. The van der Waals surface area contributed by atoms with Gasteiger partial charge in [-0.15, -0.1) is 0 Å². The lowest BCUT2D eigenvalue weighted by Crippen LogP contribution is -2.52. The molecule has 5 heteroatoms. The highest BCUT2D eigenvalue weighted by atomic mass is 16.5. The lowest BCUT2D eigenvalue weighted by Gasteiger charge is -2.38. The van der Waals surface area contributed by atoms with Gasteiger partial charge >= 0.3 is 0 Å². The number of carbonyl (C=O) groups is 2. The third kappa shape index (κ3) is 2.00. The smallest absolute Gasteiger partial charge is 0.225 e. The molecule has 4 N–H and O–H groups in total. The SMILES string of the molecule is COc1cccc(CC2(C(N)=O)C3C=CC(C3)C2C(N)=O)c1. The van der Waals surface area contributed by atoms with Crippen LogP contribution in [0.15, 0.2) is 36.4 Å². The molecule has 0 spiro atoms. The molecule has 4 unspecified atom stereocenters. The largest absolute Gasteiger partial charge is 0.497 e. The van der Waals surface area contributed by atoms with Crippen LogP contribution in [0.5, 0.6) is 5.75 Å². The van der Waals surface area contributed by atoms with Crippen molar-refractivity contribution in [2.75, 3.05) is 7.11 Å². The van der Waals surface area contributed by atoms with Crippen LogP contribution in [-0.4, -0.2) is 18.9 Å². The van der Waals surface area contributed by atoms with Gasteiger partial charge in [0.15, 0.2) is 0 Å². The molecule has 1 fully saturated rings. The summed E-state index contributed by atoms with van der Waals surface area (Å²) in [5, 5.41) is 0. The van der Waals surface area contributed by atoms with E-state index in [0.717, 1.165) is 12.0 Å². The summed E-state index contributed by atoms with van der Waals surface area (Å²) < 4.78 is 5.23. The maximum atomic E-state index is 12.3. The maximum absolute atomic E-state index is 12.3. The lowest BCUT2D eigenvalue weighted by molar-refractivity contribution is -0.139. The fourth-order valence-electron chi connectivity index (χ4n) is 4.22. The van der Waals surface area contributed by atoms with E-state index >= 15 is 0 Å². The average Bonchev–Trinajstić information content (AvgIpc) is 3.07. The van der Waals surface area contributed by atoms with Crippen LogP contribution in [0.25, 0.3) is 0 Å². The van der Waals surface area contributed by atoms with Crippen molar-refractivity contribution in [2.24, 2.45) is 34.6 Å². The molecule has 1 saturated carbocycles. The molecule has 22 heavy (non-hydrogen) atoms. The number of allylic oxidation sites excluding steroid dienone is 2. The maximum Gasteiger partial charge on any atom is 0.225 e. The normalized spacial score (nSPS) is 32.1. The highest BCUT2D eigenvalue weighted by molar-refractivity contribution is 5.91. The van der Waals surface area contributed by atoms with E-state index in [-0.39, 0.29) is 11.8 Å². The molecule has 1 aromatic rings. The van der Waals surface area contributed by atoms with E-state index in [1.165, 1.54) is 0 Å². The summed E-state index contributed by atoms with van der Waals surface area (Å²) in [5.74, 6) is -0.730. The van der Waals surface area contributed by atoms with Crippen LogP contribution in [0.3, 0.4) is 0 Å². The van der Waals surface area contributed by atoms with Gasteiger partial charge in [0.1, 0.15) is 5.75 Å². The van der Waals surface area contributed by atoms with E-state index < -0.39 is 23.1 Å². The molecule has 3 rings (SSSR count). The first-order chi connectivity index (χ1) is 10.5. The predicted octanol–water partition coefficient (Wildman–Crippen LogP) is 1.02. The van der Waals surface area contributed by atoms with Gasteiger partial charge in [-0.25, -0.2) is 0 Å². The van der Waals surface area contributed by atoms with Crippen LogP contribution in [0, 0.1) is 23.2 Å². The average molecular weight is 300 g/mol. The Balaban J connectivity index is 2.03. The third-order valence-electron chi connectivity index (χ3n) is 5.16. The molecule has 2 aliphatic rings. The second-order valence-electron chi connectivity index (χ2n) is 6.20. The molecule has 0 aliphatic heterocycles. The Morgan fingerprint density at radius 2 is 2.09 bits per heavy atom. The third-order valence-corrected chi connectivity index (χ3v) is 5.16. The lowest BCUT2D eigenvalue weighted by atomic mass is 9.64. The standard InChI is InChI=1S/C17H20N2O3/c1-22-13-4-2-3-10(7-13)9-17(16(19)21)12-6-5-11(8-12)14(17)15(18)20/h2-7,11-12,14H,8-9H2,1H3,(H2,18,20)(H2,19,21). The molecule has 2 bridgehead atoms. The van der Waals surface area contributed by atoms with E-state index in [1.807, 2.05) is 36.4 Å². The van der Waals surface area contributed by atoms with Crippen molar-refractivity contribution in [1.82, 2.24) is 0 Å². The molecule has 2 amide bonds. The van der Waals surface area contributed by atoms with E-state index in [0.29, 0.717) is 12.2 Å². The predicted molar refractivity (Wildman–Crippen MR) is 81.7 cm³/mol. The number of primary amides is 2. The van der Waals surface area contributed by atoms with Crippen molar-refractivity contribution < 1.29 is 14.3 Å². The summed E-state index contributed by atoms with van der Waals surface area (Å²) in [7, 11) is 1.59.